The molecule has 0 aliphatic heterocycles. The highest BCUT2D eigenvalue weighted by Crippen LogP contribution is 2.29. The minimum Gasteiger partial charge on any atom is -0.271 e. The first kappa shape index (κ1) is 12.3. The van der Waals surface area contributed by atoms with Crippen molar-refractivity contribution in [3.05, 3.63) is 70.5 Å². The highest BCUT2D eigenvalue weighted by molar-refractivity contribution is 5.40. The van der Waals surface area contributed by atoms with Crippen LogP contribution >= 0.6 is 0 Å². The predicted molar refractivity (Wildman–Crippen MR) is 74.0 cm³/mol. The van der Waals surface area contributed by atoms with E-state index in [9.17, 15) is 4.39 Å². The molecule has 2 aromatic rings. The van der Waals surface area contributed by atoms with Gasteiger partial charge in [-0.25, -0.2) is 9.82 Å². The molecule has 0 spiro atoms. The summed E-state index contributed by atoms with van der Waals surface area (Å²) < 4.78 is 13.9. The number of benzene rings is 2. The summed E-state index contributed by atoms with van der Waals surface area (Å²) >= 11 is 0. The molecule has 1 atom stereocenters. The number of hydrogen-bond acceptors (Lipinski definition) is 2. The van der Waals surface area contributed by atoms with Gasteiger partial charge in [0.25, 0.3) is 0 Å². The number of hydrogen-bond donors (Lipinski definition) is 2. The summed E-state index contributed by atoms with van der Waals surface area (Å²) in [5.41, 5.74) is 7.11. The Labute approximate surface area is 112 Å². The van der Waals surface area contributed by atoms with Crippen LogP contribution in [0.1, 0.15) is 34.7 Å². The standard InChI is InChI=1S/C16H17FN2/c17-15-7-2-1-6-14(15)16(19-18)13-9-8-11-4-3-5-12(11)10-13/h1-2,6-10,16,19H,3-5,18H2. The van der Waals surface area contributed by atoms with Gasteiger partial charge >= 0.3 is 0 Å². The van der Waals surface area contributed by atoms with Crippen LogP contribution in [0.25, 0.3) is 0 Å². The zero-order valence-electron chi connectivity index (χ0n) is 10.7. The fraction of sp³-hybridized carbons (Fsp3) is 0.250. The number of aryl methyl sites for hydroxylation is 2. The molecule has 0 heterocycles. The second-order valence-electron chi connectivity index (χ2n) is 5.00. The lowest BCUT2D eigenvalue weighted by molar-refractivity contribution is 0.560. The molecular formula is C16H17FN2. The molecule has 0 radical (unpaired) electrons. The second-order valence-corrected chi connectivity index (χ2v) is 5.00. The van der Waals surface area contributed by atoms with E-state index in [1.165, 1.54) is 23.6 Å². The molecule has 0 bridgehead atoms. The van der Waals surface area contributed by atoms with Crippen LogP contribution < -0.4 is 11.3 Å². The average Bonchev–Trinajstić information content (AvgIpc) is 2.89. The molecule has 0 saturated heterocycles. The zero-order chi connectivity index (χ0) is 13.2. The third kappa shape index (κ3) is 2.27. The molecule has 3 rings (SSSR count). The molecule has 19 heavy (non-hydrogen) atoms. The summed E-state index contributed by atoms with van der Waals surface area (Å²) in [5, 5.41) is 0. The first-order chi connectivity index (χ1) is 9.29. The number of nitrogens with one attached hydrogen (secondary N) is 1. The first-order valence-electron chi connectivity index (χ1n) is 6.62. The molecule has 2 aromatic carbocycles. The maximum absolute atomic E-state index is 13.9. The van der Waals surface area contributed by atoms with E-state index in [1.807, 2.05) is 12.1 Å². The van der Waals surface area contributed by atoms with Gasteiger partial charge in [0, 0.05) is 5.56 Å². The van der Waals surface area contributed by atoms with Crippen LogP contribution in [0.5, 0.6) is 0 Å². The molecule has 0 amide bonds. The van der Waals surface area contributed by atoms with Crippen molar-refractivity contribution < 1.29 is 4.39 Å². The Morgan fingerprint density at radius 3 is 2.63 bits per heavy atom. The topological polar surface area (TPSA) is 38.0 Å². The maximum Gasteiger partial charge on any atom is 0.128 e. The molecule has 98 valence electrons. The third-order valence-electron chi connectivity index (χ3n) is 3.84. The molecule has 0 fully saturated rings. The Kier molecular flexibility index (Phi) is 3.32. The number of hydrazine groups is 1. The highest BCUT2D eigenvalue weighted by atomic mass is 19.1. The Hall–Kier alpha value is -1.71. The van der Waals surface area contributed by atoms with Crippen molar-refractivity contribution >= 4 is 0 Å². The number of nitrogens with two attached hydrogens (primary N) is 1. The monoisotopic (exact) mass is 256 g/mol. The van der Waals surface area contributed by atoms with Gasteiger partial charge in [0.2, 0.25) is 0 Å². The summed E-state index contributed by atoms with van der Waals surface area (Å²) in [7, 11) is 0. The quantitative estimate of drug-likeness (QED) is 0.654. The summed E-state index contributed by atoms with van der Waals surface area (Å²) in [4.78, 5) is 0. The van der Waals surface area contributed by atoms with Crippen LogP contribution in [0.15, 0.2) is 42.5 Å². The summed E-state index contributed by atoms with van der Waals surface area (Å²) in [6.07, 6.45) is 3.47. The van der Waals surface area contributed by atoms with E-state index >= 15 is 0 Å². The summed E-state index contributed by atoms with van der Waals surface area (Å²) in [5.74, 6) is 5.40. The van der Waals surface area contributed by atoms with Gasteiger partial charge in [0.15, 0.2) is 0 Å². The van der Waals surface area contributed by atoms with Crippen LogP contribution in [0.2, 0.25) is 0 Å². The second kappa shape index (κ2) is 5.11. The van der Waals surface area contributed by atoms with E-state index in [2.05, 4.69) is 17.6 Å². The summed E-state index contributed by atoms with van der Waals surface area (Å²) in [6.45, 7) is 0. The average molecular weight is 256 g/mol. The molecule has 0 saturated carbocycles. The predicted octanol–water partition coefficient (Wildman–Crippen LogP) is 2.87. The van der Waals surface area contributed by atoms with Gasteiger partial charge in [-0.15, -0.1) is 0 Å². The number of halogens is 1. The summed E-state index contributed by atoms with van der Waals surface area (Å²) in [6, 6.07) is 12.8. The molecule has 1 unspecified atom stereocenters. The fourth-order valence-electron chi connectivity index (χ4n) is 2.85. The van der Waals surface area contributed by atoms with Crippen LogP contribution in [0, 0.1) is 5.82 Å². The molecule has 3 heteroatoms. The van der Waals surface area contributed by atoms with Gasteiger partial charge in [-0.3, -0.25) is 5.84 Å². The van der Waals surface area contributed by atoms with Gasteiger partial charge in [0.05, 0.1) is 6.04 Å². The smallest absolute Gasteiger partial charge is 0.128 e. The van der Waals surface area contributed by atoms with E-state index in [4.69, 9.17) is 5.84 Å². The van der Waals surface area contributed by atoms with E-state index in [0.29, 0.717) is 5.56 Å². The molecule has 3 N–H and O–H groups in total. The Morgan fingerprint density at radius 2 is 1.84 bits per heavy atom. The van der Waals surface area contributed by atoms with Crippen molar-refractivity contribution in [2.24, 2.45) is 5.84 Å². The van der Waals surface area contributed by atoms with E-state index in [1.54, 1.807) is 12.1 Å². The lowest BCUT2D eigenvalue weighted by Gasteiger charge is -2.18. The highest BCUT2D eigenvalue weighted by Gasteiger charge is 2.18. The minimum atomic E-state index is -0.299. The van der Waals surface area contributed by atoms with E-state index in [0.717, 1.165) is 18.4 Å². The minimum absolute atomic E-state index is 0.231. The normalized spacial score (nSPS) is 15.3. The molecule has 0 aromatic heterocycles. The van der Waals surface area contributed by atoms with Crippen molar-refractivity contribution in [1.82, 2.24) is 5.43 Å². The first-order valence-corrected chi connectivity index (χ1v) is 6.62. The van der Waals surface area contributed by atoms with E-state index in [-0.39, 0.29) is 11.9 Å². The van der Waals surface area contributed by atoms with Gasteiger partial charge in [-0.2, -0.15) is 0 Å². The molecule has 1 aliphatic carbocycles. The van der Waals surface area contributed by atoms with Gasteiger partial charge in [-0.1, -0.05) is 36.4 Å². The Morgan fingerprint density at radius 1 is 1.05 bits per heavy atom. The van der Waals surface area contributed by atoms with Gasteiger partial charge in [-0.05, 0) is 42.0 Å². The van der Waals surface area contributed by atoms with E-state index < -0.39 is 0 Å². The van der Waals surface area contributed by atoms with Crippen molar-refractivity contribution in [2.45, 2.75) is 25.3 Å². The fourth-order valence-corrected chi connectivity index (χ4v) is 2.85. The van der Waals surface area contributed by atoms with Crippen LogP contribution in [-0.4, -0.2) is 0 Å². The van der Waals surface area contributed by atoms with Gasteiger partial charge in [0.1, 0.15) is 5.82 Å². The lowest BCUT2D eigenvalue weighted by Crippen LogP contribution is -2.29. The van der Waals surface area contributed by atoms with Crippen molar-refractivity contribution in [3.8, 4) is 0 Å². The van der Waals surface area contributed by atoms with Crippen molar-refractivity contribution in [2.75, 3.05) is 0 Å². The van der Waals surface area contributed by atoms with Crippen LogP contribution in [0.4, 0.5) is 4.39 Å². The molecular weight excluding hydrogens is 239 g/mol. The lowest BCUT2D eigenvalue weighted by atomic mass is 9.96. The SMILES string of the molecule is NNC(c1ccc2c(c1)CCC2)c1ccccc1F. The van der Waals surface area contributed by atoms with Crippen LogP contribution in [0.3, 0.4) is 0 Å². The van der Waals surface area contributed by atoms with Crippen LogP contribution in [-0.2, 0) is 12.8 Å². The largest absolute Gasteiger partial charge is 0.271 e. The Bertz CT molecular complexity index is 595. The zero-order valence-corrected chi connectivity index (χ0v) is 10.7. The maximum atomic E-state index is 13.9. The number of fused-ring (bicyclic) bond motifs is 1. The molecule has 1 aliphatic rings. The molecule has 2 nitrogen and oxygen atoms in total. The van der Waals surface area contributed by atoms with Crippen molar-refractivity contribution in [3.63, 3.8) is 0 Å². The third-order valence-corrected chi connectivity index (χ3v) is 3.84. The Balaban J connectivity index is 2.01. The van der Waals surface area contributed by atoms with Gasteiger partial charge < -0.3 is 0 Å². The number of rotatable bonds is 3. The van der Waals surface area contributed by atoms with Crippen molar-refractivity contribution in [1.29, 1.82) is 0 Å².